The van der Waals surface area contributed by atoms with Crippen molar-refractivity contribution >= 4 is 27.3 Å². The lowest BCUT2D eigenvalue weighted by Gasteiger charge is -2.14. The summed E-state index contributed by atoms with van der Waals surface area (Å²) in [6.45, 7) is 0.259. The maximum absolute atomic E-state index is 13.2. The molecule has 1 aliphatic carbocycles. The van der Waals surface area contributed by atoms with E-state index in [9.17, 15) is 13.8 Å². The zero-order valence-corrected chi connectivity index (χ0v) is 14.6. The van der Waals surface area contributed by atoms with Gasteiger partial charge in [0, 0.05) is 14.4 Å². The van der Waals surface area contributed by atoms with E-state index in [2.05, 4.69) is 10.9 Å². The van der Waals surface area contributed by atoms with Crippen molar-refractivity contribution in [3.8, 4) is 0 Å². The second-order valence-corrected chi connectivity index (χ2v) is 8.66. The largest absolute Gasteiger partial charge is 0.294 e. The predicted octanol–water partition coefficient (Wildman–Crippen LogP) is 2.48. The highest BCUT2D eigenvalue weighted by atomic mass is 32.2. The summed E-state index contributed by atoms with van der Waals surface area (Å²) >= 11 is 0. The quantitative estimate of drug-likeness (QED) is 0.482. The summed E-state index contributed by atoms with van der Waals surface area (Å²) in [5.74, 6) is 3.87. The van der Waals surface area contributed by atoms with E-state index < -0.39 is 9.52 Å². The fourth-order valence-corrected chi connectivity index (χ4v) is 5.77. The maximum Gasteiger partial charge on any atom is 0.262 e. The predicted molar refractivity (Wildman–Crippen MR) is 98.3 cm³/mol. The number of benzene rings is 1. The highest BCUT2D eigenvalue weighted by Gasteiger charge is 2.37. The summed E-state index contributed by atoms with van der Waals surface area (Å²) in [7, 11) is -2.75. The van der Waals surface area contributed by atoms with Gasteiger partial charge in [0.2, 0.25) is 0 Å². The van der Waals surface area contributed by atoms with Crippen LogP contribution in [0.25, 0.3) is 5.57 Å². The summed E-state index contributed by atoms with van der Waals surface area (Å²) in [4.78, 5) is 29.8. The van der Waals surface area contributed by atoms with Crippen LogP contribution in [0.4, 0.5) is 0 Å². The molecule has 0 radical (unpaired) electrons. The first kappa shape index (κ1) is 16.0. The molecule has 0 N–H and O–H groups in total. The van der Waals surface area contributed by atoms with E-state index in [1.807, 2.05) is 30.3 Å². The number of carbonyl (C=O) groups is 1. The molecule has 1 atom stereocenters. The minimum absolute atomic E-state index is 0.00354. The standard InChI is InChI=1S/C19H18N2O3S/c1-25(24)15-10-6-5-9-14(15)17-18(25)20-16(12-22)21(19(17)23)11-13-7-3-2-4-8-13/h2-4,7-8,12H,1,5-6,9-11H2. The number of carbonyl (C=O) groups excluding carboxylic acids is 1. The molecule has 0 amide bonds. The van der Waals surface area contributed by atoms with Gasteiger partial charge in [-0.3, -0.25) is 18.4 Å². The highest BCUT2D eigenvalue weighted by molar-refractivity contribution is 8.04. The van der Waals surface area contributed by atoms with Crippen LogP contribution in [-0.2, 0) is 16.1 Å². The Kier molecular flexibility index (Phi) is 3.72. The van der Waals surface area contributed by atoms with E-state index >= 15 is 0 Å². The molecule has 2 aromatic rings. The molecule has 5 nitrogen and oxygen atoms in total. The van der Waals surface area contributed by atoms with E-state index in [0.717, 1.165) is 35.3 Å². The Morgan fingerprint density at radius 2 is 1.92 bits per heavy atom. The Hall–Kier alpha value is -2.47. The lowest BCUT2D eigenvalue weighted by Crippen LogP contribution is -2.29. The summed E-state index contributed by atoms with van der Waals surface area (Å²) in [5.41, 5.74) is 1.87. The zero-order valence-electron chi connectivity index (χ0n) is 13.7. The van der Waals surface area contributed by atoms with Gasteiger partial charge < -0.3 is 0 Å². The van der Waals surface area contributed by atoms with Gasteiger partial charge in [0.1, 0.15) is 5.03 Å². The van der Waals surface area contributed by atoms with Gasteiger partial charge in [0.15, 0.2) is 12.1 Å². The van der Waals surface area contributed by atoms with Crippen LogP contribution < -0.4 is 5.56 Å². The van der Waals surface area contributed by atoms with Crippen LogP contribution in [0.1, 0.15) is 47.4 Å². The van der Waals surface area contributed by atoms with E-state index in [0.29, 0.717) is 18.3 Å². The van der Waals surface area contributed by atoms with Crippen molar-refractivity contribution in [3.05, 3.63) is 62.5 Å². The molecule has 4 rings (SSSR count). The molecule has 0 saturated carbocycles. The molecule has 6 heteroatoms. The number of aldehydes is 1. The van der Waals surface area contributed by atoms with E-state index in [1.54, 1.807) is 0 Å². The number of aromatic nitrogens is 2. The summed E-state index contributed by atoms with van der Waals surface area (Å²) in [6.07, 6.45) is 3.86. The highest BCUT2D eigenvalue weighted by Crippen LogP contribution is 2.44. The van der Waals surface area contributed by atoms with Crippen molar-refractivity contribution < 1.29 is 9.00 Å². The molecular formula is C19H18N2O3S. The number of allylic oxidation sites excluding steroid dienone is 2. The number of hydrogen-bond donors (Lipinski definition) is 0. The molecular weight excluding hydrogens is 336 g/mol. The minimum atomic E-state index is -2.75. The second-order valence-electron chi connectivity index (χ2n) is 6.43. The number of nitrogens with zero attached hydrogens (tertiary/aromatic N) is 2. The first-order valence-corrected chi connectivity index (χ1v) is 10.0. The third-order valence-corrected chi connectivity index (χ3v) is 7.05. The van der Waals surface area contributed by atoms with Gasteiger partial charge in [0.25, 0.3) is 5.56 Å². The van der Waals surface area contributed by atoms with Crippen LogP contribution in [-0.4, -0.2) is 25.9 Å². The van der Waals surface area contributed by atoms with Crippen molar-refractivity contribution in [2.24, 2.45) is 0 Å². The van der Waals surface area contributed by atoms with Gasteiger partial charge in [0.05, 0.1) is 12.1 Å². The Bertz CT molecular complexity index is 1060. The van der Waals surface area contributed by atoms with Crippen LogP contribution in [0.2, 0.25) is 0 Å². The molecule has 128 valence electrons. The molecule has 0 fully saturated rings. The van der Waals surface area contributed by atoms with Crippen LogP contribution >= 0.6 is 0 Å². The number of fused-ring (bicyclic) bond motifs is 2. The van der Waals surface area contributed by atoms with E-state index in [-0.39, 0.29) is 23.0 Å². The molecule has 0 spiro atoms. The van der Waals surface area contributed by atoms with Gasteiger partial charge >= 0.3 is 0 Å². The van der Waals surface area contributed by atoms with Crippen molar-refractivity contribution in [2.75, 3.05) is 0 Å². The Morgan fingerprint density at radius 1 is 1.20 bits per heavy atom. The molecule has 25 heavy (non-hydrogen) atoms. The van der Waals surface area contributed by atoms with E-state index in [4.69, 9.17) is 0 Å². The summed E-state index contributed by atoms with van der Waals surface area (Å²) < 4.78 is 14.5. The maximum atomic E-state index is 13.2. The Labute approximate surface area is 146 Å². The Morgan fingerprint density at radius 3 is 2.64 bits per heavy atom. The van der Waals surface area contributed by atoms with Crippen LogP contribution in [0.15, 0.2) is 45.1 Å². The second kappa shape index (κ2) is 5.81. The third-order valence-electron chi connectivity index (χ3n) is 4.88. The lowest BCUT2D eigenvalue weighted by atomic mass is 9.95. The molecule has 2 aliphatic rings. The van der Waals surface area contributed by atoms with Crippen LogP contribution in [0.3, 0.4) is 0 Å². The monoisotopic (exact) mass is 354 g/mol. The first-order chi connectivity index (χ1) is 12.0. The average Bonchev–Trinajstić information content (AvgIpc) is 2.86. The van der Waals surface area contributed by atoms with Gasteiger partial charge in [-0.05, 0) is 42.7 Å². The first-order valence-electron chi connectivity index (χ1n) is 8.27. The molecule has 1 aliphatic heterocycles. The van der Waals surface area contributed by atoms with Gasteiger partial charge in [-0.25, -0.2) is 4.98 Å². The van der Waals surface area contributed by atoms with Crippen LogP contribution in [0.5, 0.6) is 0 Å². The molecule has 0 bridgehead atoms. The van der Waals surface area contributed by atoms with Crippen LogP contribution in [0, 0.1) is 0 Å². The molecule has 1 unspecified atom stereocenters. The van der Waals surface area contributed by atoms with Gasteiger partial charge in [-0.1, -0.05) is 30.3 Å². The van der Waals surface area contributed by atoms with E-state index in [1.165, 1.54) is 4.57 Å². The third kappa shape index (κ3) is 2.40. The van der Waals surface area contributed by atoms with Crippen molar-refractivity contribution in [2.45, 2.75) is 37.3 Å². The van der Waals surface area contributed by atoms with Crippen molar-refractivity contribution in [3.63, 3.8) is 0 Å². The molecule has 1 aromatic carbocycles. The smallest absolute Gasteiger partial charge is 0.262 e. The average molecular weight is 354 g/mol. The van der Waals surface area contributed by atoms with Gasteiger partial charge in [-0.2, -0.15) is 0 Å². The topological polar surface area (TPSA) is 69.0 Å². The fraction of sp³-hybridized carbons (Fsp3) is 0.263. The normalized spacial score (nSPS) is 21.8. The zero-order chi connectivity index (χ0) is 17.6. The molecule has 0 saturated heterocycles. The van der Waals surface area contributed by atoms with Crippen molar-refractivity contribution in [1.82, 2.24) is 9.55 Å². The van der Waals surface area contributed by atoms with Crippen molar-refractivity contribution in [1.29, 1.82) is 0 Å². The fourth-order valence-electron chi connectivity index (χ4n) is 3.68. The summed E-state index contributed by atoms with van der Waals surface area (Å²) in [6, 6.07) is 9.44. The number of rotatable bonds is 3. The minimum Gasteiger partial charge on any atom is -0.294 e. The molecule has 1 aromatic heterocycles. The number of hydrogen-bond acceptors (Lipinski definition) is 4. The SMILES string of the molecule is C=S1(=O)C2=C(CCCC2)c2c1nc(C=O)n(Cc1ccccc1)c2=O. The Balaban J connectivity index is 1.96. The summed E-state index contributed by atoms with van der Waals surface area (Å²) in [5, 5.41) is 0.204. The van der Waals surface area contributed by atoms with Gasteiger partial charge in [-0.15, -0.1) is 0 Å². The lowest BCUT2D eigenvalue weighted by molar-refractivity contribution is 0.110. The molecule has 2 heterocycles.